The average Bonchev–Trinajstić information content (AvgIpc) is 3.36. The molecule has 0 aliphatic heterocycles. The highest BCUT2D eigenvalue weighted by atomic mass is 32.2. The Bertz CT molecular complexity index is 1620. The van der Waals surface area contributed by atoms with Crippen LogP contribution in [0.1, 0.15) is 30.9 Å². The molecule has 2 aromatic heterocycles. The second-order valence-electron chi connectivity index (χ2n) is 8.53. The maximum atomic E-state index is 13.5. The van der Waals surface area contributed by atoms with E-state index in [9.17, 15) is 13.2 Å². The van der Waals surface area contributed by atoms with Crippen LogP contribution in [0, 0.1) is 0 Å². The van der Waals surface area contributed by atoms with Crippen molar-refractivity contribution in [3.63, 3.8) is 0 Å². The summed E-state index contributed by atoms with van der Waals surface area (Å²) in [6, 6.07) is 21.8. The van der Waals surface area contributed by atoms with Gasteiger partial charge in [-0.15, -0.1) is 0 Å². The van der Waals surface area contributed by atoms with E-state index >= 15 is 0 Å². The number of para-hydroxylation sites is 3. The van der Waals surface area contributed by atoms with E-state index in [2.05, 4.69) is 18.8 Å². The second-order valence-corrected chi connectivity index (χ2v) is 10.3. The predicted octanol–water partition coefficient (Wildman–Crippen LogP) is 4.89. The van der Waals surface area contributed by atoms with Crippen molar-refractivity contribution >= 4 is 32.0 Å². The first kappa shape index (κ1) is 21.3. The number of aromatic nitrogens is 3. The van der Waals surface area contributed by atoms with E-state index in [1.807, 2.05) is 36.5 Å². The third-order valence-electron chi connectivity index (χ3n) is 6.16. The third kappa shape index (κ3) is 3.58. The summed E-state index contributed by atoms with van der Waals surface area (Å²) in [5.41, 5.74) is 3.60. The molecule has 168 valence electrons. The number of fused-ring (bicyclic) bond motifs is 2. The predicted molar refractivity (Wildman–Crippen MR) is 131 cm³/mol. The van der Waals surface area contributed by atoms with Crippen LogP contribution in [0.4, 0.5) is 0 Å². The van der Waals surface area contributed by atoms with Gasteiger partial charge in [-0.1, -0.05) is 56.3 Å². The Morgan fingerprint density at radius 1 is 0.879 bits per heavy atom. The molecular formula is C26H25N3O3S. The van der Waals surface area contributed by atoms with Crippen LogP contribution < -0.4 is 5.69 Å². The van der Waals surface area contributed by atoms with Crippen molar-refractivity contribution in [1.82, 2.24) is 13.5 Å². The van der Waals surface area contributed by atoms with Crippen LogP contribution in [0.15, 0.2) is 88.7 Å². The minimum atomic E-state index is -4.05. The van der Waals surface area contributed by atoms with Crippen LogP contribution in [0.2, 0.25) is 0 Å². The first-order chi connectivity index (χ1) is 15.9. The number of aryl methyl sites for hydroxylation is 2. The highest BCUT2D eigenvalue weighted by Crippen LogP contribution is 2.23. The van der Waals surface area contributed by atoms with Crippen LogP contribution in [0.25, 0.3) is 21.9 Å². The Morgan fingerprint density at radius 2 is 1.55 bits per heavy atom. The fraction of sp³-hybridized carbons (Fsp3) is 0.192. The summed E-state index contributed by atoms with van der Waals surface area (Å²) in [4.78, 5) is 16.8. The molecule has 0 amide bonds. The van der Waals surface area contributed by atoms with Crippen LogP contribution in [-0.4, -0.2) is 21.9 Å². The molecule has 2 heterocycles. The van der Waals surface area contributed by atoms with E-state index < -0.39 is 15.7 Å². The van der Waals surface area contributed by atoms with Crippen molar-refractivity contribution in [3.05, 3.63) is 101 Å². The Kier molecular flexibility index (Phi) is 5.21. The molecule has 0 saturated heterocycles. The highest BCUT2D eigenvalue weighted by Gasteiger charge is 2.25. The molecule has 0 saturated carbocycles. The minimum Gasteiger partial charge on any atom is -0.361 e. The van der Waals surface area contributed by atoms with Crippen molar-refractivity contribution in [2.45, 2.75) is 37.6 Å². The number of nitrogens with zero attached hydrogens (tertiary/aromatic N) is 2. The normalized spacial score (nSPS) is 12.2. The van der Waals surface area contributed by atoms with Gasteiger partial charge in [-0.3, -0.25) is 4.57 Å². The number of nitrogens with one attached hydrogen (secondary N) is 1. The van der Waals surface area contributed by atoms with Gasteiger partial charge >= 0.3 is 5.69 Å². The number of hydrogen-bond donors (Lipinski definition) is 1. The SMILES string of the molecule is CC(C)c1ccc(S(=O)(=O)n2c(=O)n(CCc3c[nH]c4ccccc34)c3ccccc32)cc1. The number of H-pyrrole nitrogens is 1. The summed E-state index contributed by atoms with van der Waals surface area (Å²) in [5, 5.41) is 1.10. The minimum absolute atomic E-state index is 0.105. The molecule has 0 spiro atoms. The van der Waals surface area contributed by atoms with Gasteiger partial charge < -0.3 is 4.98 Å². The van der Waals surface area contributed by atoms with Crippen LogP contribution >= 0.6 is 0 Å². The Balaban J connectivity index is 1.58. The Labute approximate surface area is 192 Å². The zero-order chi connectivity index (χ0) is 23.2. The third-order valence-corrected chi connectivity index (χ3v) is 7.86. The molecule has 3 aromatic carbocycles. The number of hydrogen-bond acceptors (Lipinski definition) is 3. The number of benzene rings is 3. The van der Waals surface area contributed by atoms with E-state index in [4.69, 9.17) is 0 Å². The standard InChI is InChI=1S/C26H25N3O3S/c1-18(2)19-11-13-21(14-12-19)33(31,32)29-25-10-6-5-9-24(25)28(26(29)30)16-15-20-17-27-23-8-4-3-7-22(20)23/h3-14,17-18,27H,15-16H2,1-2H3. The Hall–Kier alpha value is -3.58. The second kappa shape index (κ2) is 8.08. The molecule has 0 fully saturated rings. The molecular weight excluding hydrogens is 434 g/mol. The van der Waals surface area contributed by atoms with Crippen LogP contribution in [0.5, 0.6) is 0 Å². The summed E-state index contributed by atoms with van der Waals surface area (Å²) in [6.07, 6.45) is 2.54. The topological polar surface area (TPSA) is 76.9 Å². The molecule has 0 bridgehead atoms. The molecule has 6 nitrogen and oxygen atoms in total. The van der Waals surface area contributed by atoms with Gasteiger partial charge in [0.1, 0.15) is 0 Å². The molecule has 0 atom stereocenters. The van der Waals surface area contributed by atoms with Crippen molar-refractivity contribution in [1.29, 1.82) is 0 Å². The van der Waals surface area contributed by atoms with Crippen molar-refractivity contribution < 1.29 is 8.42 Å². The molecule has 1 N–H and O–H groups in total. The maximum Gasteiger partial charge on any atom is 0.343 e. The van der Waals surface area contributed by atoms with Gasteiger partial charge in [-0.05, 0) is 53.8 Å². The lowest BCUT2D eigenvalue weighted by Crippen LogP contribution is -2.30. The summed E-state index contributed by atoms with van der Waals surface area (Å²) in [6.45, 7) is 4.47. The molecule has 0 radical (unpaired) electrons. The van der Waals surface area contributed by atoms with E-state index in [1.54, 1.807) is 47.0 Å². The number of aromatic amines is 1. The summed E-state index contributed by atoms with van der Waals surface area (Å²) in [5.74, 6) is 0.288. The lowest BCUT2D eigenvalue weighted by atomic mass is 10.0. The molecule has 33 heavy (non-hydrogen) atoms. The first-order valence-electron chi connectivity index (χ1n) is 11.0. The van der Waals surface area contributed by atoms with Gasteiger partial charge in [0.15, 0.2) is 0 Å². The average molecular weight is 460 g/mol. The smallest absolute Gasteiger partial charge is 0.343 e. The molecule has 0 aliphatic rings. The monoisotopic (exact) mass is 459 g/mol. The zero-order valence-corrected chi connectivity index (χ0v) is 19.3. The van der Waals surface area contributed by atoms with E-state index in [-0.39, 0.29) is 10.8 Å². The molecule has 5 aromatic rings. The lowest BCUT2D eigenvalue weighted by molar-refractivity contribution is 0.583. The van der Waals surface area contributed by atoms with Crippen molar-refractivity contribution in [3.8, 4) is 0 Å². The Morgan fingerprint density at radius 3 is 2.27 bits per heavy atom. The van der Waals surface area contributed by atoms with Crippen LogP contribution in [0.3, 0.4) is 0 Å². The first-order valence-corrected chi connectivity index (χ1v) is 12.4. The summed E-state index contributed by atoms with van der Waals surface area (Å²) >= 11 is 0. The number of rotatable bonds is 6. The van der Waals surface area contributed by atoms with Crippen molar-refractivity contribution in [2.24, 2.45) is 0 Å². The van der Waals surface area contributed by atoms with Gasteiger partial charge in [0.2, 0.25) is 0 Å². The zero-order valence-electron chi connectivity index (χ0n) is 18.5. The van der Waals surface area contributed by atoms with Gasteiger partial charge in [-0.2, -0.15) is 3.97 Å². The fourth-order valence-corrected chi connectivity index (χ4v) is 5.74. The van der Waals surface area contributed by atoms with Crippen LogP contribution in [-0.2, 0) is 23.0 Å². The molecule has 0 unspecified atom stereocenters. The lowest BCUT2D eigenvalue weighted by Gasteiger charge is -2.09. The maximum absolute atomic E-state index is 13.5. The van der Waals surface area contributed by atoms with Gasteiger partial charge in [0.05, 0.1) is 15.9 Å². The van der Waals surface area contributed by atoms with Gasteiger partial charge in [-0.25, -0.2) is 13.2 Å². The number of imidazole rings is 1. The van der Waals surface area contributed by atoms with Gasteiger partial charge in [0.25, 0.3) is 10.0 Å². The van der Waals surface area contributed by atoms with E-state index in [0.717, 1.165) is 26.0 Å². The van der Waals surface area contributed by atoms with Crippen molar-refractivity contribution in [2.75, 3.05) is 0 Å². The molecule has 5 rings (SSSR count). The quantitative estimate of drug-likeness (QED) is 0.393. The van der Waals surface area contributed by atoms with E-state index in [0.29, 0.717) is 24.0 Å². The summed E-state index contributed by atoms with van der Waals surface area (Å²) < 4.78 is 29.5. The molecule has 0 aliphatic carbocycles. The molecule has 7 heteroatoms. The largest absolute Gasteiger partial charge is 0.361 e. The van der Waals surface area contributed by atoms with Gasteiger partial charge in [0, 0.05) is 23.6 Å². The fourth-order valence-electron chi connectivity index (χ4n) is 4.33. The van der Waals surface area contributed by atoms with E-state index in [1.165, 1.54) is 0 Å². The highest BCUT2D eigenvalue weighted by molar-refractivity contribution is 7.90. The summed E-state index contributed by atoms with van der Waals surface area (Å²) in [7, 11) is -4.05.